The van der Waals surface area contributed by atoms with Gasteiger partial charge in [-0.3, -0.25) is 0 Å². The van der Waals surface area contributed by atoms with Gasteiger partial charge in [-0.1, -0.05) is 29.8 Å². The standard InChI is InChI=1S/C15H14BNO3/c1-11-5-6-15(14(7-11)16(18)19)20-10-13-4-2-3-12(8-13)9-17/h2-8,18-19H,10H2,1H3. The number of hydrogen-bond acceptors (Lipinski definition) is 4. The average molecular weight is 267 g/mol. The van der Waals surface area contributed by atoms with E-state index in [-0.39, 0.29) is 6.61 Å². The molecule has 0 aliphatic carbocycles. The van der Waals surface area contributed by atoms with Gasteiger partial charge in [0.2, 0.25) is 0 Å². The summed E-state index contributed by atoms with van der Waals surface area (Å²) in [7, 11) is -1.57. The minimum Gasteiger partial charge on any atom is -0.489 e. The smallest absolute Gasteiger partial charge is 0.489 e. The van der Waals surface area contributed by atoms with Crippen molar-refractivity contribution in [3.63, 3.8) is 0 Å². The Kier molecular flexibility index (Phi) is 4.41. The van der Waals surface area contributed by atoms with E-state index < -0.39 is 7.12 Å². The highest BCUT2D eigenvalue weighted by Crippen LogP contribution is 2.13. The van der Waals surface area contributed by atoms with Crippen molar-refractivity contribution in [3.8, 4) is 11.8 Å². The van der Waals surface area contributed by atoms with Gasteiger partial charge >= 0.3 is 7.12 Å². The molecule has 2 N–H and O–H groups in total. The zero-order chi connectivity index (χ0) is 14.5. The van der Waals surface area contributed by atoms with E-state index in [1.807, 2.05) is 19.1 Å². The fraction of sp³-hybridized carbons (Fsp3) is 0.133. The third-order valence-corrected chi connectivity index (χ3v) is 2.89. The number of benzene rings is 2. The van der Waals surface area contributed by atoms with Gasteiger partial charge in [-0.2, -0.15) is 5.26 Å². The quantitative estimate of drug-likeness (QED) is 0.814. The largest absolute Gasteiger partial charge is 0.492 e. The topological polar surface area (TPSA) is 73.5 Å². The molecule has 0 atom stereocenters. The highest BCUT2D eigenvalue weighted by molar-refractivity contribution is 6.59. The Hall–Kier alpha value is -2.29. The normalized spacial score (nSPS) is 9.90. The predicted molar refractivity (Wildman–Crippen MR) is 76.5 cm³/mol. The van der Waals surface area contributed by atoms with Crippen molar-refractivity contribution >= 4 is 12.6 Å². The van der Waals surface area contributed by atoms with Crippen LogP contribution in [0.5, 0.6) is 5.75 Å². The lowest BCUT2D eigenvalue weighted by molar-refractivity contribution is 0.306. The molecule has 2 aromatic rings. The van der Waals surface area contributed by atoms with Gasteiger partial charge < -0.3 is 14.8 Å². The first-order valence-electron chi connectivity index (χ1n) is 6.18. The van der Waals surface area contributed by atoms with Crippen LogP contribution in [0.4, 0.5) is 0 Å². The predicted octanol–water partition coefficient (Wildman–Crippen LogP) is 1.13. The van der Waals surface area contributed by atoms with Crippen molar-refractivity contribution in [1.29, 1.82) is 5.26 Å². The second-order valence-corrected chi connectivity index (χ2v) is 4.52. The molecule has 2 rings (SSSR count). The molecule has 0 aromatic heterocycles. The number of ether oxygens (including phenoxy) is 1. The Morgan fingerprint density at radius 3 is 2.70 bits per heavy atom. The van der Waals surface area contributed by atoms with Gasteiger partial charge in [0.25, 0.3) is 0 Å². The maximum absolute atomic E-state index is 9.34. The first-order chi connectivity index (χ1) is 9.60. The van der Waals surface area contributed by atoms with Crippen LogP contribution in [0.1, 0.15) is 16.7 Å². The average Bonchev–Trinajstić information content (AvgIpc) is 2.46. The van der Waals surface area contributed by atoms with Crippen molar-refractivity contribution in [2.45, 2.75) is 13.5 Å². The van der Waals surface area contributed by atoms with E-state index in [1.54, 1.807) is 30.3 Å². The second kappa shape index (κ2) is 6.24. The zero-order valence-corrected chi connectivity index (χ0v) is 11.1. The Balaban J connectivity index is 2.16. The molecule has 20 heavy (non-hydrogen) atoms. The van der Waals surface area contributed by atoms with Gasteiger partial charge in [0.15, 0.2) is 0 Å². The lowest BCUT2D eigenvalue weighted by Gasteiger charge is -2.12. The molecule has 0 saturated carbocycles. The second-order valence-electron chi connectivity index (χ2n) is 4.52. The van der Waals surface area contributed by atoms with Gasteiger partial charge in [-0.05, 0) is 30.7 Å². The molecule has 0 aliphatic rings. The summed E-state index contributed by atoms with van der Waals surface area (Å²) in [6, 6.07) is 14.4. The molecule has 0 saturated heterocycles. The highest BCUT2D eigenvalue weighted by Gasteiger charge is 2.17. The third kappa shape index (κ3) is 3.38. The van der Waals surface area contributed by atoms with Crippen molar-refractivity contribution in [2.75, 3.05) is 0 Å². The van der Waals surface area contributed by atoms with Crippen molar-refractivity contribution in [3.05, 3.63) is 59.2 Å². The van der Waals surface area contributed by atoms with E-state index in [4.69, 9.17) is 10.00 Å². The molecule has 5 heteroatoms. The van der Waals surface area contributed by atoms with E-state index in [9.17, 15) is 10.0 Å². The molecular formula is C15H14BNO3. The van der Waals surface area contributed by atoms with Crippen LogP contribution in [0.3, 0.4) is 0 Å². The molecule has 0 aliphatic heterocycles. The summed E-state index contributed by atoms with van der Waals surface area (Å²) in [4.78, 5) is 0. The molecule has 0 spiro atoms. The van der Waals surface area contributed by atoms with E-state index in [2.05, 4.69) is 6.07 Å². The lowest BCUT2D eigenvalue weighted by atomic mass is 9.79. The van der Waals surface area contributed by atoms with Crippen LogP contribution in [-0.4, -0.2) is 17.2 Å². The molecule has 0 amide bonds. The zero-order valence-electron chi connectivity index (χ0n) is 11.1. The van der Waals surface area contributed by atoms with Crippen LogP contribution < -0.4 is 10.2 Å². The van der Waals surface area contributed by atoms with Crippen molar-refractivity contribution in [2.24, 2.45) is 0 Å². The van der Waals surface area contributed by atoms with Gasteiger partial charge in [-0.25, -0.2) is 0 Å². The summed E-state index contributed by atoms with van der Waals surface area (Å²) in [5.41, 5.74) is 2.67. The molecule has 0 fully saturated rings. The fourth-order valence-electron chi connectivity index (χ4n) is 1.89. The van der Waals surface area contributed by atoms with E-state index >= 15 is 0 Å². The highest BCUT2D eigenvalue weighted by atomic mass is 16.5. The number of nitriles is 1. The number of rotatable bonds is 4. The monoisotopic (exact) mass is 267 g/mol. The first-order valence-corrected chi connectivity index (χ1v) is 6.18. The summed E-state index contributed by atoms with van der Waals surface area (Å²) in [5, 5.41) is 27.5. The third-order valence-electron chi connectivity index (χ3n) is 2.89. The number of nitrogens with zero attached hydrogens (tertiary/aromatic N) is 1. The molecule has 0 bridgehead atoms. The van der Waals surface area contributed by atoms with Crippen LogP contribution in [0, 0.1) is 18.3 Å². The van der Waals surface area contributed by atoms with Gasteiger partial charge in [0.05, 0.1) is 11.6 Å². The molecule has 100 valence electrons. The Bertz CT molecular complexity index is 650. The molecule has 0 radical (unpaired) electrons. The van der Waals surface area contributed by atoms with E-state index in [1.165, 1.54) is 0 Å². The lowest BCUT2D eigenvalue weighted by Crippen LogP contribution is -2.31. The van der Waals surface area contributed by atoms with Crippen molar-refractivity contribution in [1.82, 2.24) is 0 Å². The number of hydrogen-bond donors (Lipinski definition) is 2. The van der Waals surface area contributed by atoms with Crippen LogP contribution in [-0.2, 0) is 6.61 Å². The fourth-order valence-corrected chi connectivity index (χ4v) is 1.89. The van der Waals surface area contributed by atoms with Gasteiger partial charge in [0, 0.05) is 5.46 Å². The molecule has 2 aromatic carbocycles. The Labute approximate surface area is 118 Å². The van der Waals surface area contributed by atoms with E-state index in [0.29, 0.717) is 16.8 Å². The van der Waals surface area contributed by atoms with E-state index in [0.717, 1.165) is 11.1 Å². The molecule has 0 heterocycles. The summed E-state index contributed by atoms with van der Waals surface area (Å²) < 4.78 is 5.61. The summed E-state index contributed by atoms with van der Waals surface area (Å²) >= 11 is 0. The number of aryl methyl sites for hydroxylation is 1. The minimum absolute atomic E-state index is 0.262. The first kappa shape index (κ1) is 14.1. The van der Waals surface area contributed by atoms with Gasteiger partial charge in [0.1, 0.15) is 12.4 Å². The van der Waals surface area contributed by atoms with Crippen LogP contribution in [0.25, 0.3) is 0 Å². The maximum Gasteiger partial charge on any atom is 0.492 e. The Morgan fingerprint density at radius 1 is 1.20 bits per heavy atom. The van der Waals surface area contributed by atoms with Crippen LogP contribution in [0.2, 0.25) is 0 Å². The van der Waals surface area contributed by atoms with Gasteiger partial charge in [-0.15, -0.1) is 0 Å². The SMILES string of the molecule is Cc1ccc(OCc2cccc(C#N)c2)c(B(O)O)c1. The summed E-state index contributed by atoms with van der Waals surface area (Å²) in [6.07, 6.45) is 0. The molecule has 4 nitrogen and oxygen atoms in total. The summed E-state index contributed by atoms with van der Waals surface area (Å²) in [6.45, 7) is 2.13. The summed E-state index contributed by atoms with van der Waals surface area (Å²) in [5.74, 6) is 0.424. The minimum atomic E-state index is -1.57. The van der Waals surface area contributed by atoms with Crippen LogP contribution in [0.15, 0.2) is 42.5 Å². The maximum atomic E-state index is 9.34. The van der Waals surface area contributed by atoms with Crippen molar-refractivity contribution < 1.29 is 14.8 Å². The van der Waals surface area contributed by atoms with Crippen LogP contribution >= 0.6 is 0 Å². The molecular weight excluding hydrogens is 253 g/mol. The Morgan fingerprint density at radius 2 is 2.00 bits per heavy atom. The molecule has 0 unspecified atom stereocenters.